The molecule has 0 aromatic heterocycles. The average Bonchev–Trinajstić information content (AvgIpc) is 2.31. The van der Waals surface area contributed by atoms with Crippen molar-refractivity contribution in [2.45, 2.75) is 13.8 Å². The highest BCUT2D eigenvalue weighted by atomic mass is 16.5. The molecule has 0 unspecified atom stereocenters. The van der Waals surface area contributed by atoms with Crippen molar-refractivity contribution < 1.29 is 9.53 Å². The quantitative estimate of drug-likeness (QED) is 0.749. The lowest BCUT2D eigenvalue weighted by atomic mass is 10.1. The number of carbonyl (C=O) groups is 1. The van der Waals surface area contributed by atoms with E-state index in [2.05, 4.69) is 0 Å². The van der Waals surface area contributed by atoms with Gasteiger partial charge in [-0.25, -0.2) is 0 Å². The maximum Gasteiger partial charge on any atom is 0.176 e. The Morgan fingerprint density at radius 3 is 2.14 bits per heavy atom. The number of carbonyl (C=O) groups excluding carboxylic acids is 1. The normalized spacial score (nSPS) is 8.57. The molecule has 0 saturated heterocycles. The van der Waals surface area contributed by atoms with E-state index in [0.29, 0.717) is 5.56 Å². The van der Waals surface area contributed by atoms with E-state index in [1.807, 2.05) is 13.8 Å². The lowest BCUT2D eigenvalue weighted by Crippen LogP contribution is -2.13. The topological polar surface area (TPSA) is 52.3 Å². The number of hydrogen-bond acceptors (Lipinski definition) is 3. The molecular formula is C11H17NO2. The molecule has 14 heavy (non-hydrogen) atoms. The van der Waals surface area contributed by atoms with Gasteiger partial charge in [-0.05, 0) is 24.3 Å². The van der Waals surface area contributed by atoms with Crippen LogP contribution in [0.15, 0.2) is 24.3 Å². The van der Waals surface area contributed by atoms with Gasteiger partial charge in [0, 0.05) is 5.56 Å². The summed E-state index contributed by atoms with van der Waals surface area (Å²) in [5.74, 6) is 0.682. The van der Waals surface area contributed by atoms with Crippen LogP contribution < -0.4 is 10.5 Å². The minimum Gasteiger partial charge on any atom is -0.497 e. The largest absolute Gasteiger partial charge is 0.497 e. The highest BCUT2D eigenvalue weighted by molar-refractivity contribution is 5.97. The van der Waals surface area contributed by atoms with Crippen molar-refractivity contribution >= 4 is 5.78 Å². The van der Waals surface area contributed by atoms with Crippen molar-refractivity contribution in [2.75, 3.05) is 13.7 Å². The molecule has 1 rings (SSSR count). The summed E-state index contributed by atoms with van der Waals surface area (Å²) >= 11 is 0. The fraction of sp³-hybridized carbons (Fsp3) is 0.364. The van der Waals surface area contributed by atoms with Crippen molar-refractivity contribution in [1.82, 2.24) is 0 Å². The van der Waals surface area contributed by atoms with Crippen LogP contribution in [-0.4, -0.2) is 19.4 Å². The monoisotopic (exact) mass is 195 g/mol. The molecule has 3 nitrogen and oxygen atoms in total. The summed E-state index contributed by atoms with van der Waals surface area (Å²) in [6.45, 7) is 4.05. The van der Waals surface area contributed by atoms with Gasteiger partial charge in [0.2, 0.25) is 0 Å². The van der Waals surface area contributed by atoms with Crippen LogP contribution in [0.4, 0.5) is 0 Å². The number of ether oxygens (including phenoxy) is 1. The van der Waals surface area contributed by atoms with Crippen LogP contribution in [0.25, 0.3) is 0 Å². The maximum atomic E-state index is 11.0. The van der Waals surface area contributed by atoms with Crippen LogP contribution in [0.2, 0.25) is 0 Å². The van der Waals surface area contributed by atoms with Crippen LogP contribution in [0, 0.1) is 0 Å². The van der Waals surface area contributed by atoms with Crippen molar-refractivity contribution in [2.24, 2.45) is 5.73 Å². The molecule has 0 aliphatic rings. The number of methoxy groups -OCH3 is 1. The number of ketones is 1. The summed E-state index contributed by atoms with van der Waals surface area (Å²) in [5, 5.41) is 0. The molecule has 0 radical (unpaired) electrons. The summed E-state index contributed by atoms with van der Waals surface area (Å²) in [6.07, 6.45) is 0. The first-order valence-electron chi connectivity index (χ1n) is 4.65. The Morgan fingerprint density at radius 1 is 1.29 bits per heavy atom. The minimum absolute atomic E-state index is 0.0479. The van der Waals surface area contributed by atoms with E-state index < -0.39 is 0 Å². The zero-order valence-electron chi connectivity index (χ0n) is 8.91. The Balaban J connectivity index is 0.000000791. The van der Waals surface area contributed by atoms with E-state index in [0.717, 1.165) is 5.75 Å². The van der Waals surface area contributed by atoms with Gasteiger partial charge in [0.1, 0.15) is 5.75 Å². The third kappa shape index (κ3) is 3.58. The Morgan fingerprint density at radius 2 is 1.79 bits per heavy atom. The van der Waals surface area contributed by atoms with E-state index in [9.17, 15) is 4.79 Å². The molecule has 3 heteroatoms. The van der Waals surface area contributed by atoms with Gasteiger partial charge < -0.3 is 10.5 Å². The van der Waals surface area contributed by atoms with E-state index in [4.69, 9.17) is 10.5 Å². The Labute approximate surface area is 84.9 Å². The number of nitrogens with two attached hydrogens (primary N) is 1. The zero-order chi connectivity index (χ0) is 11.0. The first-order valence-corrected chi connectivity index (χ1v) is 4.65. The van der Waals surface area contributed by atoms with E-state index >= 15 is 0 Å². The summed E-state index contributed by atoms with van der Waals surface area (Å²) in [5.41, 5.74) is 5.82. The van der Waals surface area contributed by atoms with Gasteiger partial charge >= 0.3 is 0 Å². The Kier molecular flexibility index (Phi) is 6.41. The molecule has 2 N–H and O–H groups in total. The second-order valence-electron chi connectivity index (χ2n) is 2.36. The van der Waals surface area contributed by atoms with Crippen LogP contribution in [-0.2, 0) is 0 Å². The molecule has 0 spiro atoms. The smallest absolute Gasteiger partial charge is 0.176 e. The molecule has 0 atom stereocenters. The number of benzene rings is 1. The molecule has 1 aromatic carbocycles. The fourth-order valence-electron chi connectivity index (χ4n) is 0.895. The average molecular weight is 195 g/mol. The second-order valence-corrected chi connectivity index (χ2v) is 2.36. The number of hydrogen-bond donors (Lipinski definition) is 1. The zero-order valence-corrected chi connectivity index (χ0v) is 8.91. The van der Waals surface area contributed by atoms with Crippen LogP contribution in [0.5, 0.6) is 5.75 Å². The van der Waals surface area contributed by atoms with Crippen molar-refractivity contribution in [3.8, 4) is 5.75 Å². The molecule has 0 amide bonds. The minimum atomic E-state index is -0.0577. The van der Waals surface area contributed by atoms with E-state index in [1.165, 1.54) is 0 Å². The first-order chi connectivity index (χ1) is 6.77. The standard InChI is InChI=1S/C9H11NO2.C2H6/c1-12-8-4-2-7(3-5-8)9(11)6-10;1-2/h2-5H,6,10H2,1H3;1-2H3. The molecule has 0 fully saturated rings. The number of Topliss-reactive ketones (excluding diaryl/α,β-unsaturated/α-hetero) is 1. The van der Waals surface area contributed by atoms with Crippen molar-refractivity contribution in [3.05, 3.63) is 29.8 Å². The van der Waals surface area contributed by atoms with Crippen molar-refractivity contribution in [3.63, 3.8) is 0 Å². The Hall–Kier alpha value is -1.35. The summed E-state index contributed by atoms with van der Waals surface area (Å²) in [7, 11) is 1.58. The lowest BCUT2D eigenvalue weighted by molar-refractivity contribution is 0.100. The molecular weight excluding hydrogens is 178 g/mol. The second kappa shape index (κ2) is 7.09. The van der Waals surface area contributed by atoms with Crippen LogP contribution in [0.1, 0.15) is 24.2 Å². The molecule has 0 bridgehead atoms. The van der Waals surface area contributed by atoms with Gasteiger partial charge in [0.15, 0.2) is 5.78 Å². The summed E-state index contributed by atoms with van der Waals surface area (Å²) in [6, 6.07) is 6.88. The van der Waals surface area contributed by atoms with E-state index in [1.54, 1.807) is 31.4 Å². The van der Waals surface area contributed by atoms with E-state index in [-0.39, 0.29) is 12.3 Å². The van der Waals surface area contributed by atoms with Gasteiger partial charge in [0.05, 0.1) is 13.7 Å². The predicted octanol–water partition coefficient (Wildman–Crippen LogP) is 1.86. The van der Waals surface area contributed by atoms with Crippen LogP contribution in [0.3, 0.4) is 0 Å². The molecule has 0 heterocycles. The summed E-state index contributed by atoms with van der Waals surface area (Å²) < 4.78 is 4.94. The Bertz CT molecular complexity index is 267. The van der Waals surface area contributed by atoms with Gasteiger partial charge in [-0.1, -0.05) is 13.8 Å². The van der Waals surface area contributed by atoms with Gasteiger partial charge in [0.25, 0.3) is 0 Å². The van der Waals surface area contributed by atoms with Gasteiger partial charge in [-0.2, -0.15) is 0 Å². The third-order valence-electron chi connectivity index (χ3n) is 1.60. The highest BCUT2D eigenvalue weighted by Crippen LogP contribution is 2.11. The number of rotatable bonds is 3. The SMILES string of the molecule is CC.COc1ccc(C(=O)CN)cc1. The van der Waals surface area contributed by atoms with Crippen molar-refractivity contribution in [1.29, 1.82) is 0 Å². The molecule has 78 valence electrons. The molecule has 1 aromatic rings. The maximum absolute atomic E-state index is 11.0. The predicted molar refractivity (Wildman–Crippen MR) is 57.7 cm³/mol. The lowest BCUT2D eigenvalue weighted by Gasteiger charge is -2.00. The van der Waals surface area contributed by atoms with Crippen LogP contribution >= 0.6 is 0 Å². The van der Waals surface area contributed by atoms with Gasteiger partial charge in [-0.3, -0.25) is 4.79 Å². The fourth-order valence-corrected chi connectivity index (χ4v) is 0.895. The summed E-state index contributed by atoms with van der Waals surface area (Å²) in [4.78, 5) is 11.0. The molecule has 0 saturated carbocycles. The highest BCUT2D eigenvalue weighted by Gasteiger charge is 2.01. The third-order valence-corrected chi connectivity index (χ3v) is 1.60. The van der Waals surface area contributed by atoms with Gasteiger partial charge in [-0.15, -0.1) is 0 Å². The first kappa shape index (κ1) is 12.7. The molecule has 0 aliphatic carbocycles. The molecule has 0 aliphatic heterocycles.